The second kappa shape index (κ2) is 7.49. The number of aromatic hydroxyl groups is 1. The lowest BCUT2D eigenvalue weighted by atomic mass is 9.91. The van der Waals surface area contributed by atoms with E-state index >= 15 is 0 Å². The standard InChI is InChI=1S/C20H23NO3/c1-14(22)21-17-12-19(10-15-6-3-2-4-7-15)24-20(13-17)16-8-5-9-18(23)11-16/h2-9,11,17,19-20,23H,10,12-13H2,1H3,(H,21,22)/t17-,19+,20+/m1/s1. The van der Waals surface area contributed by atoms with Crippen LogP contribution in [0.1, 0.15) is 37.0 Å². The molecule has 1 aliphatic rings. The van der Waals surface area contributed by atoms with Gasteiger partial charge in [-0.15, -0.1) is 0 Å². The van der Waals surface area contributed by atoms with Gasteiger partial charge in [0.15, 0.2) is 0 Å². The van der Waals surface area contributed by atoms with Crippen molar-refractivity contribution in [1.82, 2.24) is 5.32 Å². The fourth-order valence-corrected chi connectivity index (χ4v) is 3.37. The first-order valence-electron chi connectivity index (χ1n) is 8.35. The van der Waals surface area contributed by atoms with Gasteiger partial charge in [-0.3, -0.25) is 4.79 Å². The van der Waals surface area contributed by atoms with Gasteiger partial charge in [0.05, 0.1) is 12.2 Å². The number of phenolic OH excluding ortho intramolecular Hbond substituents is 1. The number of ether oxygens (including phenoxy) is 1. The maximum absolute atomic E-state index is 11.5. The first-order chi connectivity index (χ1) is 11.6. The molecular formula is C20H23NO3. The highest BCUT2D eigenvalue weighted by atomic mass is 16.5. The van der Waals surface area contributed by atoms with Crippen LogP contribution in [-0.2, 0) is 16.0 Å². The van der Waals surface area contributed by atoms with E-state index < -0.39 is 0 Å². The van der Waals surface area contributed by atoms with Crippen molar-refractivity contribution in [3.63, 3.8) is 0 Å². The Morgan fingerprint density at radius 3 is 2.67 bits per heavy atom. The Balaban J connectivity index is 1.77. The predicted molar refractivity (Wildman–Crippen MR) is 92.7 cm³/mol. The Kier molecular flexibility index (Phi) is 5.16. The van der Waals surface area contributed by atoms with Crippen LogP contribution in [0, 0.1) is 0 Å². The maximum Gasteiger partial charge on any atom is 0.217 e. The van der Waals surface area contributed by atoms with Crippen molar-refractivity contribution in [1.29, 1.82) is 0 Å². The van der Waals surface area contributed by atoms with E-state index in [1.54, 1.807) is 19.1 Å². The van der Waals surface area contributed by atoms with Gasteiger partial charge in [-0.05, 0) is 42.5 Å². The molecule has 0 saturated carbocycles. The van der Waals surface area contributed by atoms with Gasteiger partial charge in [-0.1, -0.05) is 42.5 Å². The molecule has 0 radical (unpaired) electrons. The number of hydrogen-bond donors (Lipinski definition) is 2. The van der Waals surface area contributed by atoms with Gasteiger partial charge >= 0.3 is 0 Å². The Bertz CT molecular complexity index is 686. The van der Waals surface area contributed by atoms with Crippen molar-refractivity contribution >= 4 is 5.91 Å². The fourth-order valence-electron chi connectivity index (χ4n) is 3.37. The van der Waals surface area contributed by atoms with Crippen LogP contribution >= 0.6 is 0 Å². The van der Waals surface area contributed by atoms with Crippen molar-refractivity contribution in [2.75, 3.05) is 0 Å². The summed E-state index contributed by atoms with van der Waals surface area (Å²) in [5.74, 6) is 0.215. The van der Waals surface area contributed by atoms with Gasteiger partial charge in [0.25, 0.3) is 0 Å². The zero-order valence-electron chi connectivity index (χ0n) is 13.8. The van der Waals surface area contributed by atoms with Gasteiger partial charge < -0.3 is 15.2 Å². The lowest BCUT2D eigenvalue weighted by molar-refractivity contribution is -0.122. The summed E-state index contributed by atoms with van der Waals surface area (Å²) >= 11 is 0. The van der Waals surface area contributed by atoms with Crippen LogP contribution in [0.15, 0.2) is 54.6 Å². The topological polar surface area (TPSA) is 58.6 Å². The largest absolute Gasteiger partial charge is 0.508 e. The molecule has 0 bridgehead atoms. The van der Waals surface area contributed by atoms with Gasteiger partial charge in [0, 0.05) is 13.0 Å². The SMILES string of the molecule is CC(=O)N[C@@H]1C[C@H](Cc2ccccc2)O[C@H](c2cccc(O)c2)C1. The molecule has 1 amide bonds. The van der Waals surface area contributed by atoms with Gasteiger partial charge in [-0.25, -0.2) is 0 Å². The van der Waals surface area contributed by atoms with Crippen LogP contribution in [-0.4, -0.2) is 23.2 Å². The van der Waals surface area contributed by atoms with Crippen molar-refractivity contribution in [2.24, 2.45) is 0 Å². The van der Waals surface area contributed by atoms with E-state index in [1.165, 1.54) is 5.56 Å². The first-order valence-corrected chi connectivity index (χ1v) is 8.35. The molecule has 1 saturated heterocycles. The van der Waals surface area contributed by atoms with E-state index in [4.69, 9.17) is 4.74 Å². The van der Waals surface area contributed by atoms with Crippen LogP contribution in [0.25, 0.3) is 0 Å². The molecule has 2 aromatic carbocycles. The highest BCUT2D eigenvalue weighted by Crippen LogP contribution is 2.34. The van der Waals surface area contributed by atoms with Crippen molar-refractivity contribution in [3.05, 3.63) is 65.7 Å². The van der Waals surface area contributed by atoms with Crippen molar-refractivity contribution in [3.8, 4) is 5.75 Å². The van der Waals surface area contributed by atoms with Crippen LogP contribution < -0.4 is 5.32 Å². The van der Waals surface area contributed by atoms with E-state index in [0.717, 1.165) is 18.4 Å². The monoisotopic (exact) mass is 325 g/mol. The lowest BCUT2D eigenvalue weighted by Gasteiger charge is -2.36. The second-order valence-electron chi connectivity index (χ2n) is 6.40. The minimum absolute atomic E-state index is 0.0185. The quantitative estimate of drug-likeness (QED) is 0.906. The van der Waals surface area contributed by atoms with Crippen molar-refractivity contribution < 1.29 is 14.6 Å². The average molecular weight is 325 g/mol. The Labute approximate surface area is 142 Å². The summed E-state index contributed by atoms with van der Waals surface area (Å²) in [7, 11) is 0. The third kappa shape index (κ3) is 4.36. The van der Waals surface area contributed by atoms with Crippen molar-refractivity contribution in [2.45, 2.75) is 44.4 Å². The zero-order chi connectivity index (χ0) is 16.9. The highest BCUT2D eigenvalue weighted by molar-refractivity contribution is 5.73. The summed E-state index contributed by atoms with van der Waals surface area (Å²) in [5.41, 5.74) is 2.17. The molecule has 2 aromatic rings. The normalized spacial score (nSPS) is 23.6. The molecule has 0 spiro atoms. The Morgan fingerprint density at radius 1 is 1.17 bits per heavy atom. The second-order valence-corrected chi connectivity index (χ2v) is 6.40. The zero-order valence-corrected chi connectivity index (χ0v) is 13.8. The summed E-state index contributed by atoms with van der Waals surface area (Å²) in [5, 5.41) is 12.8. The van der Waals surface area contributed by atoms with Gasteiger partial charge in [0.2, 0.25) is 5.91 Å². The molecule has 4 heteroatoms. The smallest absolute Gasteiger partial charge is 0.217 e. The average Bonchev–Trinajstić information content (AvgIpc) is 2.55. The minimum atomic E-state index is -0.128. The third-order valence-corrected chi connectivity index (χ3v) is 4.36. The van der Waals surface area contributed by atoms with Crippen LogP contribution in [0.5, 0.6) is 5.75 Å². The number of hydrogen-bond acceptors (Lipinski definition) is 3. The summed E-state index contributed by atoms with van der Waals surface area (Å²) < 4.78 is 6.28. The molecular weight excluding hydrogens is 302 g/mol. The number of carbonyl (C=O) groups is 1. The maximum atomic E-state index is 11.5. The van der Waals surface area contributed by atoms with Gasteiger partial charge in [-0.2, -0.15) is 0 Å². The van der Waals surface area contributed by atoms with Crippen LogP contribution in [0.2, 0.25) is 0 Å². The van der Waals surface area contributed by atoms with Gasteiger partial charge in [0.1, 0.15) is 5.75 Å². The number of benzene rings is 2. The molecule has 24 heavy (non-hydrogen) atoms. The molecule has 126 valence electrons. The number of rotatable bonds is 4. The van der Waals surface area contributed by atoms with E-state index in [0.29, 0.717) is 6.42 Å². The summed E-state index contributed by atoms with van der Waals surface area (Å²) in [4.78, 5) is 11.5. The number of phenols is 1. The molecule has 1 fully saturated rings. The summed E-state index contributed by atoms with van der Waals surface area (Å²) in [6.45, 7) is 1.55. The molecule has 1 aliphatic heterocycles. The van der Waals surface area contributed by atoms with E-state index in [9.17, 15) is 9.90 Å². The number of nitrogens with one attached hydrogen (secondary N) is 1. The lowest BCUT2D eigenvalue weighted by Crippen LogP contribution is -2.42. The van der Waals surface area contributed by atoms with Crippen LogP contribution in [0.3, 0.4) is 0 Å². The number of amides is 1. The number of carbonyl (C=O) groups excluding carboxylic acids is 1. The minimum Gasteiger partial charge on any atom is -0.508 e. The molecule has 3 atom stereocenters. The molecule has 0 aliphatic carbocycles. The molecule has 3 rings (SSSR count). The fraction of sp³-hybridized carbons (Fsp3) is 0.350. The predicted octanol–water partition coefficient (Wildman–Crippen LogP) is 3.36. The highest BCUT2D eigenvalue weighted by Gasteiger charge is 2.31. The van der Waals surface area contributed by atoms with Crippen LogP contribution in [0.4, 0.5) is 0 Å². The van der Waals surface area contributed by atoms with E-state index in [1.807, 2.05) is 30.3 Å². The summed E-state index contributed by atoms with van der Waals surface area (Å²) in [6.07, 6.45) is 2.23. The first kappa shape index (κ1) is 16.5. The molecule has 0 aromatic heterocycles. The molecule has 2 N–H and O–H groups in total. The molecule has 4 nitrogen and oxygen atoms in total. The third-order valence-electron chi connectivity index (χ3n) is 4.36. The summed E-state index contributed by atoms with van der Waals surface area (Å²) in [6, 6.07) is 17.5. The Morgan fingerprint density at radius 2 is 1.96 bits per heavy atom. The van der Waals surface area contributed by atoms with E-state index in [-0.39, 0.29) is 29.9 Å². The Hall–Kier alpha value is -2.33. The molecule has 1 heterocycles. The van der Waals surface area contributed by atoms with E-state index in [2.05, 4.69) is 17.4 Å². The molecule has 0 unspecified atom stereocenters.